The molecule has 0 fully saturated rings. The first-order valence-electron chi connectivity index (χ1n) is 9.82. The fourth-order valence-electron chi connectivity index (χ4n) is 5.22. The molecule has 0 saturated heterocycles. The van der Waals surface area contributed by atoms with Crippen molar-refractivity contribution in [2.75, 3.05) is 4.90 Å². The van der Waals surface area contributed by atoms with Gasteiger partial charge in [-0.15, -0.1) is 0 Å². The quantitative estimate of drug-likeness (QED) is 0.367. The van der Waals surface area contributed by atoms with Gasteiger partial charge in [0.1, 0.15) is 0 Å². The van der Waals surface area contributed by atoms with Gasteiger partial charge in [0.2, 0.25) is 0 Å². The zero-order valence-corrected chi connectivity index (χ0v) is 15.3. The lowest BCUT2D eigenvalue weighted by Crippen LogP contribution is -2.26. The topological polar surface area (TPSA) is 29.0 Å². The monoisotopic (exact) mass is 359 g/mol. The predicted molar refractivity (Wildman–Crippen MR) is 111 cm³/mol. The van der Waals surface area contributed by atoms with E-state index in [1.54, 1.807) is 0 Å². The molecule has 3 heteroatoms. The van der Waals surface area contributed by atoms with Crippen molar-refractivity contribution in [1.29, 1.82) is 0 Å². The number of nitrogens with zero attached hydrogens (tertiary/aromatic N) is 3. The highest BCUT2D eigenvalue weighted by atomic mass is 15.2. The fourth-order valence-corrected chi connectivity index (χ4v) is 5.22. The van der Waals surface area contributed by atoms with Crippen molar-refractivity contribution in [2.45, 2.75) is 19.3 Å². The number of hydrogen-bond donors (Lipinski definition) is 0. The van der Waals surface area contributed by atoms with Crippen LogP contribution in [0.5, 0.6) is 0 Å². The summed E-state index contributed by atoms with van der Waals surface area (Å²) in [6.45, 7) is 0. The summed E-state index contributed by atoms with van der Waals surface area (Å²) in [6, 6.07) is 19.9. The Balaban J connectivity index is 1.60. The van der Waals surface area contributed by atoms with Crippen molar-refractivity contribution in [1.82, 2.24) is 9.97 Å². The third-order valence-electron chi connectivity index (χ3n) is 6.37. The maximum atomic E-state index is 4.76. The third-order valence-corrected chi connectivity index (χ3v) is 6.37. The molecule has 3 aliphatic rings. The van der Waals surface area contributed by atoms with E-state index in [1.165, 1.54) is 56.1 Å². The van der Waals surface area contributed by atoms with E-state index < -0.39 is 0 Å². The molecular weight excluding hydrogens is 342 g/mol. The van der Waals surface area contributed by atoms with Gasteiger partial charge in [-0.1, -0.05) is 36.4 Å². The zero-order valence-electron chi connectivity index (χ0n) is 15.3. The fraction of sp³-hybridized carbons (Fsp3) is 0.120. The van der Waals surface area contributed by atoms with Gasteiger partial charge in [-0.2, -0.15) is 0 Å². The van der Waals surface area contributed by atoms with Crippen molar-refractivity contribution < 1.29 is 0 Å². The van der Waals surface area contributed by atoms with Crippen LogP contribution in [0.4, 0.5) is 17.1 Å². The van der Waals surface area contributed by atoms with Crippen LogP contribution in [-0.2, 0) is 19.3 Å². The van der Waals surface area contributed by atoms with Crippen LogP contribution in [0.25, 0.3) is 11.1 Å². The van der Waals surface area contributed by atoms with Crippen molar-refractivity contribution in [3.05, 3.63) is 101 Å². The minimum Gasteiger partial charge on any atom is -0.306 e. The molecule has 1 aliphatic carbocycles. The number of aromatic nitrogens is 2. The van der Waals surface area contributed by atoms with Gasteiger partial charge < -0.3 is 4.90 Å². The van der Waals surface area contributed by atoms with Gasteiger partial charge in [0.25, 0.3) is 0 Å². The summed E-state index contributed by atoms with van der Waals surface area (Å²) < 4.78 is 0. The van der Waals surface area contributed by atoms with Gasteiger partial charge in [-0.05, 0) is 52.4 Å². The van der Waals surface area contributed by atoms with E-state index in [4.69, 9.17) is 9.97 Å². The minimum atomic E-state index is 0.873. The van der Waals surface area contributed by atoms with Gasteiger partial charge in [-0.3, -0.25) is 9.97 Å². The van der Waals surface area contributed by atoms with Crippen LogP contribution in [0.2, 0.25) is 0 Å². The molecule has 7 rings (SSSR count). The molecule has 0 amide bonds. The smallest absolute Gasteiger partial charge is 0.0717 e. The molecule has 2 aromatic carbocycles. The molecule has 132 valence electrons. The molecule has 4 heterocycles. The number of fused-ring (bicyclic) bond motifs is 8. The van der Waals surface area contributed by atoms with E-state index in [1.807, 2.05) is 18.5 Å². The van der Waals surface area contributed by atoms with Crippen LogP contribution in [0, 0.1) is 0 Å². The maximum Gasteiger partial charge on any atom is 0.0717 e. The Hall–Kier alpha value is -3.46. The largest absolute Gasteiger partial charge is 0.306 e. The number of pyridine rings is 2. The molecule has 2 aliphatic heterocycles. The molecule has 0 N–H and O–H groups in total. The first-order valence-corrected chi connectivity index (χ1v) is 9.82. The molecule has 0 atom stereocenters. The van der Waals surface area contributed by atoms with Gasteiger partial charge in [0.05, 0.1) is 28.5 Å². The van der Waals surface area contributed by atoms with Crippen molar-refractivity contribution in [3.63, 3.8) is 0 Å². The molecule has 28 heavy (non-hydrogen) atoms. The maximum absolute atomic E-state index is 4.76. The molecule has 2 aromatic heterocycles. The Bertz CT molecular complexity index is 1290. The predicted octanol–water partition coefficient (Wildman–Crippen LogP) is 5.33. The Kier molecular flexibility index (Phi) is 2.64. The van der Waals surface area contributed by atoms with Crippen LogP contribution in [0.1, 0.15) is 33.6 Å². The summed E-state index contributed by atoms with van der Waals surface area (Å²) in [4.78, 5) is 11.9. The minimum absolute atomic E-state index is 0.873. The molecule has 0 saturated carbocycles. The number of hydrogen-bond acceptors (Lipinski definition) is 3. The molecular formula is C25H17N3. The summed E-state index contributed by atoms with van der Waals surface area (Å²) in [6.07, 6.45) is 6.63. The average Bonchev–Trinajstić information content (AvgIpc) is 3.12. The second-order valence-corrected chi connectivity index (χ2v) is 7.86. The van der Waals surface area contributed by atoms with Gasteiger partial charge >= 0.3 is 0 Å². The Morgan fingerprint density at radius 3 is 2.43 bits per heavy atom. The second-order valence-electron chi connectivity index (χ2n) is 7.86. The normalized spacial score (nSPS) is 14.6. The van der Waals surface area contributed by atoms with Gasteiger partial charge in [0.15, 0.2) is 0 Å². The van der Waals surface area contributed by atoms with E-state index in [0.717, 1.165) is 25.0 Å². The highest BCUT2D eigenvalue weighted by molar-refractivity contribution is 5.98. The van der Waals surface area contributed by atoms with E-state index in [0.29, 0.717) is 0 Å². The van der Waals surface area contributed by atoms with E-state index in [9.17, 15) is 0 Å². The van der Waals surface area contributed by atoms with E-state index >= 15 is 0 Å². The number of anilines is 3. The lowest BCUT2D eigenvalue weighted by Gasteiger charge is -2.39. The molecule has 4 aromatic rings. The number of rotatable bonds is 0. The first-order chi connectivity index (χ1) is 13.9. The average molecular weight is 359 g/mol. The third kappa shape index (κ3) is 1.74. The molecule has 0 unspecified atom stereocenters. The summed E-state index contributed by atoms with van der Waals surface area (Å²) in [7, 11) is 0. The first kappa shape index (κ1) is 14.6. The van der Waals surface area contributed by atoms with Crippen LogP contribution < -0.4 is 4.90 Å². The van der Waals surface area contributed by atoms with E-state index in [2.05, 4.69) is 53.4 Å². The zero-order chi connectivity index (χ0) is 18.2. The summed E-state index contributed by atoms with van der Waals surface area (Å²) in [5.74, 6) is 0. The lowest BCUT2D eigenvalue weighted by atomic mass is 9.87. The number of benzene rings is 2. The van der Waals surface area contributed by atoms with Gasteiger partial charge in [0, 0.05) is 30.8 Å². The molecule has 0 bridgehead atoms. The molecule has 3 nitrogen and oxygen atoms in total. The lowest BCUT2D eigenvalue weighted by molar-refractivity contribution is 0.936. The summed E-state index contributed by atoms with van der Waals surface area (Å²) in [5, 5.41) is 0. The Labute approximate surface area is 163 Å². The van der Waals surface area contributed by atoms with Crippen molar-refractivity contribution in [2.24, 2.45) is 0 Å². The standard InChI is InChI=1S/C25H17N3/c1-2-5-19-15(4-1)12-16-7-8-17-14-21-24-18(9-11-27-21)13-20-22(6-3-10-26-20)28(24)25(17)23(16)19/h1-11H,12-14H2. The van der Waals surface area contributed by atoms with Crippen molar-refractivity contribution in [3.8, 4) is 11.1 Å². The second kappa shape index (κ2) is 5.08. The molecule has 0 spiro atoms. The Morgan fingerprint density at radius 1 is 0.607 bits per heavy atom. The highest BCUT2D eigenvalue weighted by Gasteiger charge is 2.36. The SMILES string of the molecule is c1ccc2c(c1)Cc1ccc3c(c1-2)N1c2cccnc2Cc2ccnc(c21)C3. The van der Waals surface area contributed by atoms with Crippen molar-refractivity contribution >= 4 is 17.1 Å². The molecule has 0 radical (unpaired) electrons. The van der Waals surface area contributed by atoms with Crippen LogP contribution in [0.3, 0.4) is 0 Å². The van der Waals surface area contributed by atoms with Gasteiger partial charge in [-0.25, -0.2) is 0 Å². The summed E-state index contributed by atoms with van der Waals surface area (Å²) in [5.41, 5.74) is 14.4. The highest BCUT2D eigenvalue weighted by Crippen LogP contribution is 2.54. The van der Waals surface area contributed by atoms with Crippen LogP contribution in [-0.4, -0.2) is 9.97 Å². The van der Waals surface area contributed by atoms with Crippen LogP contribution >= 0.6 is 0 Å². The van der Waals surface area contributed by atoms with E-state index in [-0.39, 0.29) is 0 Å². The Morgan fingerprint density at radius 2 is 1.43 bits per heavy atom. The summed E-state index contributed by atoms with van der Waals surface area (Å²) >= 11 is 0. The van der Waals surface area contributed by atoms with Crippen LogP contribution in [0.15, 0.2) is 67.0 Å².